The van der Waals surface area contributed by atoms with E-state index >= 15 is 0 Å². The smallest absolute Gasteiger partial charge is 0.254 e. The molecule has 1 fully saturated rings. The summed E-state index contributed by atoms with van der Waals surface area (Å²) < 4.78 is 18.9. The summed E-state index contributed by atoms with van der Waals surface area (Å²) >= 11 is 0. The number of carbonyl (C=O) groups is 2. The molecule has 0 aliphatic carbocycles. The number of aryl methyl sites for hydroxylation is 1. The van der Waals surface area contributed by atoms with E-state index < -0.39 is 0 Å². The molecule has 0 bridgehead atoms. The normalized spacial score (nSPS) is 14.5. The van der Waals surface area contributed by atoms with Crippen molar-refractivity contribution in [3.05, 3.63) is 71.5 Å². The van der Waals surface area contributed by atoms with Crippen LogP contribution in [0.4, 0.5) is 10.1 Å². The van der Waals surface area contributed by atoms with Crippen molar-refractivity contribution in [2.45, 2.75) is 19.8 Å². The summed E-state index contributed by atoms with van der Waals surface area (Å²) in [5.41, 5.74) is 1.94. The number of fused-ring (bicyclic) bond motifs is 1. The van der Waals surface area contributed by atoms with Gasteiger partial charge in [-0.2, -0.15) is 0 Å². The van der Waals surface area contributed by atoms with Gasteiger partial charge in [-0.15, -0.1) is 0 Å². The number of rotatable bonds is 4. The van der Waals surface area contributed by atoms with E-state index in [9.17, 15) is 14.0 Å². The van der Waals surface area contributed by atoms with Crippen LogP contribution in [0.15, 0.2) is 54.6 Å². The van der Waals surface area contributed by atoms with Crippen molar-refractivity contribution in [2.24, 2.45) is 5.92 Å². The fourth-order valence-corrected chi connectivity index (χ4v) is 4.11. The minimum Gasteiger partial charge on any atom is -0.496 e. The molecule has 0 atom stereocenters. The maximum Gasteiger partial charge on any atom is 0.254 e. The lowest BCUT2D eigenvalue weighted by molar-refractivity contribution is -0.121. The molecule has 0 unspecified atom stereocenters. The molecule has 0 saturated carbocycles. The van der Waals surface area contributed by atoms with Crippen LogP contribution in [0.1, 0.15) is 28.8 Å². The van der Waals surface area contributed by atoms with E-state index in [0.29, 0.717) is 37.2 Å². The van der Waals surface area contributed by atoms with E-state index in [-0.39, 0.29) is 23.5 Å². The Kier molecular flexibility index (Phi) is 5.89. The number of methoxy groups -OCH3 is 1. The van der Waals surface area contributed by atoms with Gasteiger partial charge in [0.2, 0.25) is 5.91 Å². The molecule has 1 saturated heterocycles. The van der Waals surface area contributed by atoms with Crippen LogP contribution in [0.5, 0.6) is 5.75 Å². The summed E-state index contributed by atoms with van der Waals surface area (Å²) in [6, 6.07) is 15.7. The highest BCUT2D eigenvalue weighted by Gasteiger charge is 2.29. The number of nitrogens with one attached hydrogen (secondary N) is 1. The van der Waals surface area contributed by atoms with Crippen molar-refractivity contribution in [1.82, 2.24) is 4.90 Å². The number of piperidine rings is 1. The van der Waals surface area contributed by atoms with Gasteiger partial charge >= 0.3 is 0 Å². The molecular formula is C25H25FN2O3. The maximum atomic E-state index is 13.5. The van der Waals surface area contributed by atoms with Crippen LogP contribution in [0, 0.1) is 18.7 Å². The Morgan fingerprint density at radius 1 is 1.03 bits per heavy atom. The topological polar surface area (TPSA) is 58.6 Å². The van der Waals surface area contributed by atoms with Gasteiger partial charge in [0.25, 0.3) is 5.91 Å². The number of anilines is 1. The summed E-state index contributed by atoms with van der Waals surface area (Å²) in [5.74, 6) is -0.0306. The number of hydrogen-bond donors (Lipinski definition) is 1. The number of nitrogens with zero attached hydrogens (tertiary/aromatic N) is 1. The SMILES string of the molecule is COc1ccc(C(=O)N2CCC(C(=O)Nc3cc(F)ccc3C)CC2)c2ccccc12. The van der Waals surface area contributed by atoms with Crippen LogP contribution in [-0.4, -0.2) is 36.9 Å². The second-order valence-electron chi connectivity index (χ2n) is 7.88. The molecule has 1 N–H and O–H groups in total. The van der Waals surface area contributed by atoms with Crippen LogP contribution in [0.3, 0.4) is 0 Å². The van der Waals surface area contributed by atoms with Crippen molar-refractivity contribution in [3.63, 3.8) is 0 Å². The van der Waals surface area contributed by atoms with Crippen LogP contribution in [-0.2, 0) is 4.79 Å². The summed E-state index contributed by atoms with van der Waals surface area (Å²) in [6.45, 7) is 2.83. The second-order valence-corrected chi connectivity index (χ2v) is 7.88. The van der Waals surface area contributed by atoms with E-state index in [1.54, 1.807) is 24.1 Å². The molecule has 4 rings (SSSR count). The van der Waals surface area contributed by atoms with E-state index in [1.807, 2.05) is 37.3 Å². The molecule has 0 radical (unpaired) electrons. The lowest BCUT2D eigenvalue weighted by atomic mass is 9.94. The number of benzene rings is 3. The molecule has 5 nitrogen and oxygen atoms in total. The van der Waals surface area contributed by atoms with Crippen LogP contribution in [0.2, 0.25) is 0 Å². The number of likely N-dealkylation sites (tertiary alicyclic amines) is 1. The van der Waals surface area contributed by atoms with Crippen molar-refractivity contribution in [3.8, 4) is 5.75 Å². The molecule has 1 heterocycles. The Hall–Kier alpha value is -3.41. The largest absolute Gasteiger partial charge is 0.496 e. The molecule has 160 valence electrons. The third kappa shape index (κ3) is 4.24. The highest BCUT2D eigenvalue weighted by Crippen LogP contribution is 2.30. The van der Waals surface area contributed by atoms with E-state index in [4.69, 9.17) is 4.74 Å². The Morgan fingerprint density at radius 2 is 1.74 bits per heavy atom. The van der Waals surface area contributed by atoms with Gasteiger partial charge in [-0.1, -0.05) is 30.3 Å². The summed E-state index contributed by atoms with van der Waals surface area (Å²) in [5, 5.41) is 4.59. The number of carbonyl (C=O) groups excluding carboxylic acids is 2. The van der Waals surface area contributed by atoms with Crippen molar-refractivity contribution >= 4 is 28.3 Å². The van der Waals surface area contributed by atoms with Crippen LogP contribution < -0.4 is 10.1 Å². The van der Waals surface area contributed by atoms with Gasteiger partial charge in [-0.25, -0.2) is 4.39 Å². The van der Waals surface area contributed by atoms with Crippen LogP contribution in [0.25, 0.3) is 10.8 Å². The van der Waals surface area contributed by atoms with Gasteiger partial charge in [-0.05, 0) is 55.0 Å². The number of hydrogen-bond acceptors (Lipinski definition) is 3. The van der Waals surface area contributed by atoms with E-state index in [1.165, 1.54) is 12.1 Å². The number of halogens is 1. The predicted octanol–water partition coefficient (Wildman–Crippen LogP) is 4.79. The predicted molar refractivity (Wildman–Crippen MR) is 119 cm³/mol. The Balaban J connectivity index is 1.44. The quantitative estimate of drug-likeness (QED) is 0.660. The maximum absolute atomic E-state index is 13.5. The minimum absolute atomic E-state index is 0.0429. The molecule has 1 aliphatic rings. The Labute approximate surface area is 180 Å². The first-order valence-corrected chi connectivity index (χ1v) is 10.4. The summed E-state index contributed by atoms with van der Waals surface area (Å²) in [7, 11) is 1.62. The van der Waals surface area contributed by atoms with E-state index in [0.717, 1.165) is 22.1 Å². The van der Waals surface area contributed by atoms with Gasteiger partial charge in [0.1, 0.15) is 11.6 Å². The zero-order chi connectivity index (χ0) is 22.0. The number of amides is 2. The molecule has 3 aromatic rings. The zero-order valence-electron chi connectivity index (χ0n) is 17.7. The first-order chi connectivity index (χ1) is 15.0. The third-order valence-electron chi connectivity index (χ3n) is 5.94. The average molecular weight is 420 g/mol. The molecule has 1 aliphatic heterocycles. The Morgan fingerprint density at radius 3 is 2.45 bits per heavy atom. The van der Waals surface area contributed by atoms with Gasteiger partial charge in [0.05, 0.1) is 7.11 Å². The lowest BCUT2D eigenvalue weighted by Crippen LogP contribution is -2.41. The monoisotopic (exact) mass is 420 g/mol. The van der Waals surface area contributed by atoms with Crippen LogP contribution >= 0.6 is 0 Å². The summed E-state index contributed by atoms with van der Waals surface area (Å²) in [4.78, 5) is 27.7. The van der Waals surface area contributed by atoms with Gasteiger partial charge < -0.3 is 15.0 Å². The zero-order valence-corrected chi connectivity index (χ0v) is 17.7. The molecule has 31 heavy (non-hydrogen) atoms. The van der Waals surface area contributed by atoms with Gasteiger partial charge in [-0.3, -0.25) is 9.59 Å². The highest BCUT2D eigenvalue weighted by molar-refractivity contribution is 6.08. The van der Waals surface area contributed by atoms with Gasteiger partial charge in [0.15, 0.2) is 0 Å². The van der Waals surface area contributed by atoms with Crippen molar-refractivity contribution in [2.75, 3.05) is 25.5 Å². The first kappa shape index (κ1) is 20.8. The van der Waals surface area contributed by atoms with Gasteiger partial charge in [0, 0.05) is 35.6 Å². The average Bonchev–Trinajstić information content (AvgIpc) is 2.80. The van der Waals surface area contributed by atoms with Crippen molar-refractivity contribution < 1.29 is 18.7 Å². The first-order valence-electron chi connectivity index (χ1n) is 10.4. The molecule has 3 aromatic carbocycles. The number of ether oxygens (including phenoxy) is 1. The van der Waals surface area contributed by atoms with Crippen molar-refractivity contribution in [1.29, 1.82) is 0 Å². The van der Waals surface area contributed by atoms with E-state index in [2.05, 4.69) is 5.32 Å². The minimum atomic E-state index is -0.381. The highest BCUT2D eigenvalue weighted by atomic mass is 19.1. The Bertz CT molecular complexity index is 1140. The third-order valence-corrected chi connectivity index (χ3v) is 5.94. The molecule has 6 heteroatoms. The molecule has 2 amide bonds. The summed E-state index contributed by atoms with van der Waals surface area (Å²) in [6.07, 6.45) is 1.14. The lowest BCUT2D eigenvalue weighted by Gasteiger charge is -2.32. The molecule has 0 aromatic heterocycles. The standard InChI is InChI=1S/C25H25FN2O3/c1-16-7-8-18(26)15-22(16)27-24(29)17-11-13-28(14-12-17)25(30)21-9-10-23(31-2)20-6-4-3-5-19(20)21/h3-10,15,17H,11-14H2,1-2H3,(H,27,29). The molecular weight excluding hydrogens is 395 g/mol. The fourth-order valence-electron chi connectivity index (χ4n) is 4.11. The fraction of sp³-hybridized carbons (Fsp3) is 0.280. The second kappa shape index (κ2) is 8.76. The molecule has 0 spiro atoms.